The van der Waals surface area contributed by atoms with E-state index >= 15 is 0 Å². The summed E-state index contributed by atoms with van der Waals surface area (Å²) in [5.74, 6) is 2.45. The molecule has 0 spiro atoms. The highest BCUT2D eigenvalue weighted by atomic mass is 16.5. The number of methoxy groups -OCH3 is 1. The molecule has 5 heteroatoms. The summed E-state index contributed by atoms with van der Waals surface area (Å²) in [5.41, 5.74) is 2.10. The number of hydrogen-bond donors (Lipinski definition) is 1. The molecule has 102 valence electrons. The van der Waals surface area contributed by atoms with E-state index in [9.17, 15) is 0 Å². The number of rotatable bonds is 5. The van der Waals surface area contributed by atoms with Crippen LogP contribution < -0.4 is 10.1 Å². The van der Waals surface area contributed by atoms with Gasteiger partial charge in [-0.1, -0.05) is 0 Å². The van der Waals surface area contributed by atoms with Gasteiger partial charge in [-0.05, 0) is 27.0 Å². The van der Waals surface area contributed by atoms with Crippen molar-refractivity contribution in [3.63, 3.8) is 0 Å². The average Bonchev–Trinajstić information content (AvgIpc) is 2.75. The molecule has 19 heavy (non-hydrogen) atoms. The lowest BCUT2D eigenvalue weighted by molar-refractivity contribution is 0.395. The van der Waals surface area contributed by atoms with Crippen molar-refractivity contribution >= 4 is 0 Å². The maximum Gasteiger partial charge on any atom is 0.216 e. The third-order valence-electron chi connectivity index (χ3n) is 3.12. The molecule has 0 radical (unpaired) electrons. The second kappa shape index (κ2) is 5.84. The quantitative estimate of drug-likeness (QED) is 0.894. The van der Waals surface area contributed by atoms with Crippen molar-refractivity contribution in [2.24, 2.45) is 0 Å². The second-order valence-electron chi connectivity index (χ2n) is 4.47. The zero-order chi connectivity index (χ0) is 13.8. The molecule has 0 fully saturated rings. The van der Waals surface area contributed by atoms with Gasteiger partial charge in [0.05, 0.1) is 7.11 Å². The topological polar surface area (TPSA) is 60.2 Å². The number of nitrogens with one attached hydrogen (secondary N) is 1. The Bertz CT molecular complexity index is 551. The molecular weight excluding hydrogens is 242 g/mol. The molecule has 0 amide bonds. The van der Waals surface area contributed by atoms with E-state index in [1.54, 1.807) is 7.11 Å². The summed E-state index contributed by atoms with van der Waals surface area (Å²) in [6, 6.07) is 4.08. The number of ether oxygens (including phenoxy) is 1. The Morgan fingerprint density at radius 2 is 2.11 bits per heavy atom. The fourth-order valence-corrected chi connectivity index (χ4v) is 2.17. The Morgan fingerprint density at radius 1 is 1.32 bits per heavy atom. The van der Waals surface area contributed by atoms with Crippen LogP contribution in [0.2, 0.25) is 0 Å². The van der Waals surface area contributed by atoms with Crippen molar-refractivity contribution in [2.75, 3.05) is 14.2 Å². The fourth-order valence-electron chi connectivity index (χ4n) is 2.17. The van der Waals surface area contributed by atoms with E-state index in [0.29, 0.717) is 5.88 Å². The Hall–Kier alpha value is -1.88. The van der Waals surface area contributed by atoms with Crippen LogP contribution in [-0.2, 0) is 6.42 Å². The predicted molar refractivity (Wildman–Crippen MR) is 72.3 cm³/mol. The van der Waals surface area contributed by atoms with E-state index < -0.39 is 0 Å². The maximum absolute atomic E-state index is 5.58. The van der Waals surface area contributed by atoms with Gasteiger partial charge in [0.15, 0.2) is 0 Å². The van der Waals surface area contributed by atoms with Crippen LogP contribution in [0.4, 0.5) is 0 Å². The normalized spacial score (nSPS) is 12.4. The molecule has 1 unspecified atom stereocenters. The first-order chi connectivity index (χ1) is 9.13. The summed E-state index contributed by atoms with van der Waals surface area (Å²) < 4.78 is 10.7. The second-order valence-corrected chi connectivity index (χ2v) is 4.47. The van der Waals surface area contributed by atoms with Crippen LogP contribution >= 0.6 is 0 Å². The number of aryl methyl sites for hydroxylation is 2. The van der Waals surface area contributed by atoms with Crippen LogP contribution in [0.25, 0.3) is 0 Å². The minimum atomic E-state index is 0.164. The van der Waals surface area contributed by atoms with E-state index in [-0.39, 0.29) is 6.04 Å². The van der Waals surface area contributed by atoms with Crippen LogP contribution in [-0.4, -0.2) is 24.1 Å². The molecule has 2 aromatic heterocycles. The zero-order valence-corrected chi connectivity index (χ0v) is 11.7. The standard InChI is InChI=1S/C14H19N3O2/c1-9-5-12(10(2)19-9)13(15-3)6-11-7-14(18-4)17-8-16-11/h5,7-8,13,15H,6H2,1-4H3. The summed E-state index contributed by atoms with van der Waals surface area (Å²) in [7, 11) is 3.54. The SMILES string of the molecule is CNC(Cc1cc(OC)ncn1)c1cc(C)oc1C. The molecule has 2 heterocycles. The Morgan fingerprint density at radius 3 is 2.68 bits per heavy atom. The van der Waals surface area contributed by atoms with Crippen LogP contribution in [0.3, 0.4) is 0 Å². The molecular formula is C14H19N3O2. The molecule has 0 aliphatic carbocycles. The largest absolute Gasteiger partial charge is 0.481 e. The van der Waals surface area contributed by atoms with Crippen LogP contribution in [0.1, 0.15) is 28.8 Å². The van der Waals surface area contributed by atoms with Gasteiger partial charge in [-0.15, -0.1) is 0 Å². The molecule has 1 N–H and O–H groups in total. The smallest absolute Gasteiger partial charge is 0.216 e. The van der Waals surface area contributed by atoms with Crippen LogP contribution in [0, 0.1) is 13.8 Å². The molecule has 0 aliphatic rings. The molecule has 2 rings (SSSR count). The molecule has 5 nitrogen and oxygen atoms in total. The van der Waals surface area contributed by atoms with Gasteiger partial charge in [0, 0.05) is 29.8 Å². The molecule has 0 bridgehead atoms. The van der Waals surface area contributed by atoms with Gasteiger partial charge in [-0.2, -0.15) is 0 Å². The summed E-state index contributed by atoms with van der Waals surface area (Å²) >= 11 is 0. The highest BCUT2D eigenvalue weighted by Gasteiger charge is 2.17. The van der Waals surface area contributed by atoms with E-state index in [0.717, 1.165) is 29.2 Å². The maximum atomic E-state index is 5.58. The first-order valence-corrected chi connectivity index (χ1v) is 6.23. The summed E-state index contributed by atoms with van der Waals surface area (Å²) in [6.07, 6.45) is 2.28. The number of likely N-dealkylation sites (N-methyl/N-ethyl adjacent to an activating group) is 1. The molecule has 2 aromatic rings. The van der Waals surface area contributed by atoms with Crippen molar-refractivity contribution in [3.05, 3.63) is 41.2 Å². The average molecular weight is 261 g/mol. The molecule has 0 saturated carbocycles. The van der Waals surface area contributed by atoms with E-state index in [1.807, 2.05) is 27.0 Å². The van der Waals surface area contributed by atoms with Crippen molar-refractivity contribution < 1.29 is 9.15 Å². The third kappa shape index (κ3) is 3.12. The van der Waals surface area contributed by atoms with Gasteiger partial charge in [-0.3, -0.25) is 0 Å². The lowest BCUT2D eigenvalue weighted by Gasteiger charge is -2.15. The van der Waals surface area contributed by atoms with E-state index in [2.05, 4.69) is 21.4 Å². The highest BCUT2D eigenvalue weighted by molar-refractivity contribution is 5.26. The van der Waals surface area contributed by atoms with Gasteiger partial charge in [0.1, 0.15) is 17.8 Å². The summed E-state index contributed by atoms with van der Waals surface area (Å²) in [4.78, 5) is 8.29. The monoisotopic (exact) mass is 261 g/mol. The van der Waals surface area contributed by atoms with Crippen molar-refractivity contribution in [1.82, 2.24) is 15.3 Å². The Labute approximate surface area is 113 Å². The fraction of sp³-hybridized carbons (Fsp3) is 0.429. The van der Waals surface area contributed by atoms with Crippen molar-refractivity contribution in [1.29, 1.82) is 0 Å². The van der Waals surface area contributed by atoms with Gasteiger partial charge in [-0.25, -0.2) is 9.97 Å². The zero-order valence-electron chi connectivity index (χ0n) is 11.7. The molecule has 0 aromatic carbocycles. The van der Waals surface area contributed by atoms with Gasteiger partial charge < -0.3 is 14.5 Å². The van der Waals surface area contributed by atoms with Crippen molar-refractivity contribution in [3.8, 4) is 5.88 Å². The highest BCUT2D eigenvalue weighted by Crippen LogP contribution is 2.24. The minimum Gasteiger partial charge on any atom is -0.481 e. The number of furan rings is 1. The van der Waals surface area contributed by atoms with E-state index in [4.69, 9.17) is 9.15 Å². The first kappa shape index (κ1) is 13.5. The minimum absolute atomic E-state index is 0.164. The predicted octanol–water partition coefficient (Wildman–Crippen LogP) is 2.20. The lowest BCUT2D eigenvalue weighted by atomic mass is 10.0. The van der Waals surface area contributed by atoms with Gasteiger partial charge >= 0.3 is 0 Å². The number of nitrogens with zero attached hydrogens (tertiary/aromatic N) is 2. The van der Waals surface area contributed by atoms with Gasteiger partial charge in [0.25, 0.3) is 0 Å². The Kier molecular flexibility index (Phi) is 4.16. The molecule has 0 aliphatic heterocycles. The summed E-state index contributed by atoms with van der Waals surface area (Å²) in [6.45, 7) is 3.93. The number of aromatic nitrogens is 2. The van der Waals surface area contributed by atoms with Gasteiger partial charge in [0.2, 0.25) is 5.88 Å². The lowest BCUT2D eigenvalue weighted by Crippen LogP contribution is -2.19. The third-order valence-corrected chi connectivity index (χ3v) is 3.12. The summed E-state index contributed by atoms with van der Waals surface area (Å²) in [5, 5.41) is 3.30. The first-order valence-electron chi connectivity index (χ1n) is 6.23. The molecule has 1 atom stereocenters. The number of hydrogen-bond acceptors (Lipinski definition) is 5. The van der Waals surface area contributed by atoms with Crippen LogP contribution in [0.5, 0.6) is 5.88 Å². The Balaban J connectivity index is 2.21. The van der Waals surface area contributed by atoms with E-state index in [1.165, 1.54) is 6.33 Å². The van der Waals surface area contributed by atoms with Crippen LogP contribution in [0.15, 0.2) is 22.9 Å². The van der Waals surface area contributed by atoms with Crippen molar-refractivity contribution in [2.45, 2.75) is 26.3 Å². The molecule has 0 saturated heterocycles.